The first-order valence-corrected chi connectivity index (χ1v) is 7.07. The van der Waals surface area contributed by atoms with Gasteiger partial charge in [-0.2, -0.15) is 0 Å². The Morgan fingerprint density at radius 1 is 1.11 bits per heavy atom. The maximum Gasteiger partial charge on any atom is 0.124 e. The van der Waals surface area contributed by atoms with Crippen molar-refractivity contribution < 1.29 is 9.84 Å². The molecule has 2 nitrogen and oxygen atoms in total. The Balaban J connectivity index is 2.12. The van der Waals surface area contributed by atoms with Crippen molar-refractivity contribution >= 4 is 11.6 Å². The summed E-state index contributed by atoms with van der Waals surface area (Å²) in [5.41, 5.74) is 2.05. The van der Waals surface area contributed by atoms with Crippen LogP contribution in [0.2, 0.25) is 5.02 Å². The Morgan fingerprint density at radius 2 is 1.72 bits per heavy atom. The molecule has 1 N–H and O–H groups in total. The second-order valence-corrected chi connectivity index (χ2v) is 5.61. The first kappa shape index (κ1) is 13.7. The molecule has 2 unspecified atom stereocenters. The highest BCUT2D eigenvalue weighted by atomic mass is 35.5. The Bertz CT molecular complexity index is 394. The van der Waals surface area contributed by atoms with E-state index in [4.69, 9.17) is 16.3 Å². The molecule has 0 spiro atoms. The molecule has 18 heavy (non-hydrogen) atoms. The van der Waals surface area contributed by atoms with Crippen LogP contribution >= 0.6 is 11.6 Å². The molecular formula is C15H21ClO2. The zero-order chi connectivity index (χ0) is 13.1. The van der Waals surface area contributed by atoms with Gasteiger partial charge in [-0.05, 0) is 56.4 Å². The molecule has 0 radical (unpaired) electrons. The van der Waals surface area contributed by atoms with E-state index in [9.17, 15) is 5.11 Å². The molecule has 1 saturated carbocycles. The highest BCUT2D eigenvalue weighted by Crippen LogP contribution is 2.29. The number of aliphatic hydroxyl groups is 1. The van der Waals surface area contributed by atoms with Crippen LogP contribution in [0.3, 0.4) is 0 Å². The van der Waals surface area contributed by atoms with E-state index < -0.39 is 0 Å². The summed E-state index contributed by atoms with van der Waals surface area (Å²) in [5.74, 6) is 0.820. The minimum absolute atomic E-state index is 0.0764. The molecule has 100 valence electrons. The molecule has 3 heteroatoms. The lowest BCUT2D eigenvalue weighted by Gasteiger charge is -2.22. The largest absolute Gasteiger partial charge is 0.488 e. The van der Waals surface area contributed by atoms with Gasteiger partial charge in [0.05, 0.1) is 6.10 Å². The summed E-state index contributed by atoms with van der Waals surface area (Å²) in [7, 11) is 0. The molecule has 0 aromatic heterocycles. The molecule has 0 heterocycles. The Labute approximate surface area is 114 Å². The van der Waals surface area contributed by atoms with Crippen LogP contribution in [-0.4, -0.2) is 17.3 Å². The zero-order valence-electron chi connectivity index (χ0n) is 11.1. The number of ether oxygens (including phenoxy) is 1. The molecular weight excluding hydrogens is 248 g/mol. The smallest absolute Gasteiger partial charge is 0.124 e. The van der Waals surface area contributed by atoms with Gasteiger partial charge in [0.1, 0.15) is 11.9 Å². The number of aryl methyl sites for hydroxylation is 2. The van der Waals surface area contributed by atoms with Gasteiger partial charge in [-0.25, -0.2) is 0 Å². The van der Waals surface area contributed by atoms with Gasteiger partial charge in [0, 0.05) is 5.02 Å². The van der Waals surface area contributed by atoms with Crippen molar-refractivity contribution in [1.82, 2.24) is 0 Å². The van der Waals surface area contributed by atoms with Crippen LogP contribution in [0.15, 0.2) is 12.1 Å². The van der Waals surface area contributed by atoms with E-state index in [0.717, 1.165) is 47.6 Å². The van der Waals surface area contributed by atoms with Crippen LogP contribution in [-0.2, 0) is 0 Å². The zero-order valence-corrected chi connectivity index (χ0v) is 11.8. The lowest BCUT2D eigenvalue weighted by molar-refractivity contribution is 0.0319. The minimum atomic E-state index is -0.344. The summed E-state index contributed by atoms with van der Waals surface area (Å²) in [6, 6.07) is 3.90. The third kappa shape index (κ3) is 3.18. The SMILES string of the molecule is Cc1cc(OC2CCCCCC2O)cc(C)c1Cl. The molecule has 2 atom stereocenters. The minimum Gasteiger partial charge on any atom is -0.488 e. The normalized spacial score (nSPS) is 24.7. The molecule has 1 aliphatic rings. The molecule has 0 bridgehead atoms. The first-order chi connectivity index (χ1) is 8.58. The third-order valence-corrected chi connectivity index (χ3v) is 4.21. The molecule has 0 amide bonds. The maximum atomic E-state index is 10.1. The molecule has 1 aromatic rings. The Hall–Kier alpha value is -0.730. The van der Waals surface area contributed by atoms with Crippen LogP contribution in [0.25, 0.3) is 0 Å². The summed E-state index contributed by atoms with van der Waals surface area (Å²) in [6.45, 7) is 3.96. The number of benzene rings is 1. The predicted octanol–water partition coefficient (Wildman–Crippen LogP) is 4.03. The van der Waals surface area contributed by atoms with Crippen molar-refractivity contribution in [2.75, 3.05) is 0 Å². The molecule has 0 saturated heterocycles. The van der Waals surface area contributed by atoms with E-state index in [-0.39, 0.29) is 12.2 Å². The fraction of sp³-hybridized carbons (Fsp3) is 0.600. The van der Waals surface area contributed by atoms with E-state index in [0.29, 0.717) is 0 Å². The van der Waals surface area contributed by atoms with Crippen molar-refractivity contribution in [3.63, 3.8) is 0 Å². The fourth-order valence-corrected chi connectivity index (χ4v) is 2.65. The quantitative estimate of drug-likeness (QED) is 0.821. The Morgan fingerprint density at radius 3 is 2.39 bits per heavy atom. The van der Waals surface area contributed by atoms with E-state index in [1.165, 1.54) is 6.42 Å². The van der Waals surface area contributed by atoms with Crippen molar-refractivity contribution in [2.45, 2.75) is 58.2 Å². The molecule has 1 aromatic carbocycles. The van der Waals surface area contributed by atoms with Gasteiger partial charge in [0.15, 0.2) is 0 Å². The Kier molecular flexibility index (Phi) is 4.52. The van der Waals surface area contributed by atoms with Crippen molar-refractivity contribution in [2.24, 2.45) is 0 Å². The summed E-state index contributed by atoms with van der Waals surface area (Å²) < 4.78 is 5.96. The van der Waals surface area contributed by atoms with Crippen LogP contribution in [0, 0.1) is 13.8 Å². The lowest BCUT2D eigenvalue weighted by Crippen LogP contribution is -2.30. The van der Waals surface area contributed by atoms with Gasteiger partial charge < -0.3 is 9.84 Å². The monoisotopic (exact) mass is 268 g/mol. The third-order valence-electron chi connectivity index (χ3n) is 3.62. The first-order valence-electron chi connectivity index (χ1n) is 6.69. The average molecular weight is 269 g/mol. The van der Waals surface area contributed by atoms with Crippen LogP contribution in [0.5, 0.6) is 5.75 Å². The molecule has 1 aliphatic carbocycles. The topological polar surface area (TPSA) is 29.5 Å². The highest BCUT2D eigenvalue weighted by molar-refractivity contribution is 6.32. The van der Waals surface area contributed by atoms with Crippen molar-refractivity contribution in [3.05, 3.63) is 28.3 Å². The second-order valence-electron chi connectivity index (χ2n) is 5.23. The average Bonchev–Trinajstić information content (AvgIpc) is 2.52. The molecule has 1 fully saturated rings. The number of aliphatic hydroxyl groups excluding tert-OH is 1. The van der Waals surface area contributed by atoms with E-state index >= 15 is 0 Å². The van der Waals surface area contributed by atoms with E-state index in [2.05, 4.69) is 0 Å². The van der Waals surface area contributed by atoms with Crippen LogP contribution in [0.4, 0.5) is 0 Å². The number of hydrogen-bond acceptors (Lipinski definition) is 2. The number of halogens is 1. The van der Waals surface area contributed by atoms with E-state index in [1.807, 2.05) is 26.0 Å². The fourth-order valence-electron chi connectivity index (χ4n) is 2.54. The predicted molar refractivity (Wildman–Crippen MR) is 74.4 cm³/mol. The highest BCUT2D eigenvalue weighted by Gasteiger charge is 2.23. The summed E-state index contributed by atoms with van der Waals surface area (Å²) >= 11 is 6.14. The van der Waals surface area contributed by atoms with Crippen LogP contribution < -0.4 is 4.74 Å². The van der Waals surface area contributed by atoms with Gasteiger partial charge in [-0.15, -0.1) is 0 Å². The number of hydrogen-bond donors (Lipinski definition) is 1. The maximum absolute atomic E-state index is 10.1. The molecule has 0 aliphatic heterocycles. The van der Waals surface area contributed by atoms with Gasteiger partial charge in [-0.1, -0.05) is 24.4 Å². The second kappa shape index (κ2) is 5.94. The lowest BCUT2D eigenvalue weighted by atomic mass is 10.1. The standard InChI is InChI=1S/C15H21ClO2/c1-10-8-12(9-11(2)15(10)16)18-14-7-5-3-4-6-13(14)17/h8-9,13-14,17H,3-7H2,1-2H3. The number of rotatable bonds is 2. The van der Waals surface area contributed by atoms with Crippen molar-refractivity contribution in [1.29, 1.82) is 0 Å². The van der Waals surface area contributed by atoms with Gasteiger partial charge in [0.2, 0.25) is 0 Å². The van der Waals surface area contributed by atoms with E-state index in [1.54, 1.807) is 0 Å². The van der Waals surface area contributed by atoms with Crippen molar-refractivity contribution in [3.8, 4) is 5.75 Å². The summed E-state index contributed by atoms with van der Waals surface area (Å²) in [6.07, 6.45) is 4.77. The van der Waals surface area contributed by atoms with Crippen LogP contribution in [0.1, 0.15) is 43.2 Å². The summed E-state index contributed by atoms with van der Waals surface area (Å²) in [4.78, 5) is 0. The molecule has 2 rings (SSSR count). The van der Waals surface area contributed by atoms with Gasteiger partial charge in [-0.3, -0.25) is 0 Å². The van der Waals surface area contributed by atoms with Gasteiger partial charge >= 0.3 is 0 Å². The summed E-state index contributed by atoms with van der Waals surface area (Å²) in [5, 5.41) is 10.8. The van der Waals surface area contributed by atoms with Gasteiger partial charge in [0.25, 0.3) is 0 Å².